The van der Waals surface area contributed by atoms with Crippen molar-refractivity contribution in [1.82, 2.24) is 9.88 Å². The fraction of sp³-hybridized carbons (Fsp3) is 0.462. The minimum absolute atomic E-state index is 0.122. The molecule has 102 valence electrons. The lowest BCUT2D eigenvalue weighted by atomic mass is 10.1. The SMILES string of the molecule is O=C(O)CN(C(=O)c1cccnc1F)C1CCCC1. The van der Waals surface area contributed by atoms with Crippen LogP contribution in [0.3, 0.4) is 0 Å². The normalized spacial score (nSPS) is 15.4. The zero-order chi connectivity index (χ0) is 13.8. The third kappa shape index (κ3) is 3.07. The highest BCUT2D eigenvalue weighted by atomic mass is 19.1. The van der Waals surface area contributed by atoms with Crippen LogP contribution in [0.15, 0.2) is 18.3 Å². The van der Waals surface area contributed by atoms with Crippen LogP contribution in [0.1, 0.15) is 36.0 Å². The van der Waals surface area contributed by atoms with Gasteiger partial charge in [0.1, 0.15) is 6.54 Å². The molecule has 1 amide bonds. The summed E-state index contributed by atoms with van der Waals surface area (Å²) in [6, 6.07) is 2.67. The van der Waals surface area contributed by atoms with E-state index in [9.17, 15) is 14.0 Å². The predicted molar refractivity (Wildman–Crippen MR) is 65.1 cm³/mol. The summed E-state index contributed by atoms with van der Waals surface area (Å²) in [7, 11) is 0. The highest BCUT2D eigenvalue weighted by molar-refractivity contribution is 5.96. The van der Waals surface area contributed by atoms with Crippen molar-refractivity contribution in [2.45, 2.75) is 31.7 Å². The molecule has 1 aromatic rings. The van der Waals surface area contributed by atoms with Gasteiger partial charge in [-0.3, -0.25) is 9.59 Å². The quantitative estimate of drug-likeness (QED) is 0.842. The number of carbonyl (C=O) groups excluding carboxylic acids is 1. The second kappa shape index (κ2) is 5.77. The van der Waals surface area contributed by atoms with E-state index in [1.54, 1.807) is 0 Å². The van der Waals surface area contributed by atoms with Crippen molar-refractivity contribution in [3.05, 3.63) is 29.8 Å². The molecule has 0 radical (unpaired) electrons. The largest absolute Gasteiger partial charge is 0.480 e. The molecule has 2 rings (SSSR count). The molecule has 0 atom stereocenters. The minimum atomic E-state index is -1.09. The molecule has 1 aliphatic rings. The van der Waals surface area contributed by atoms with Crippen LogP contribution in [0.2, 0.25) is 0 Å². The lowest BCUT2D eigenvalue weighted by Crippen LogP contribution is -2.42. The van der Waals surface area contributed by atoms with Crippen LogP contribution in [-0.2, 0) is 4.79 Å². The van der Waals surface area contributed by atoms with Gasteiger partial charge in [0, 0.05) is 12.2 Å². The zero-order valence-corrected chi connectivity index (χ0v) is 10.4. The molecule has 0 bridgehead atoms. The summed E-state index contributed by atoms with van der Waals surface area (Å²) in [6.07, 6.45) is 4.71. The topological polar surface area (TPSA) is 70.5 Å². The molecule has 1 aromatic heterocycles. The Hall–Kier alpha value is -1.98. The van der Waals surface area contributed by atoms with Crippen LogP contribution in [0, 0.1) is 5.95 Å². The van der Waals surface area contributed by atoms with Gasteiger partial charge in [0.05, 0.1) is 5.56 Å². The second-order valence-corrected chi connectivity index (χ2v) is 4.61. The van der Waals surface area contributed by atoms with Crippen LogP contribution in [0.5, 0.6) is 0 Å². The molecule has 1 N–H and O–H groups in total. The molecule has 0 spiro atoms. The number of aromatic nitrogens is 1. The maximum atomic E-state index is 13.5. The summed E-state index contributed by atoms with van der Waals surface area (Å²) in [4.78, 5) is 27.8. The number of nitrogens with zero attached hydrogens (tertiary/aromatic N) is 2. The Balaban J connectivity index is 2.24. The van der Waals surface area contributed by atoms with Crippen LogP contribution in [0.4, 0.5) is 4.39 Å². The summed E-state index contributed by atoms with van der Waals surface area (Å²) in [5, 5.41) is 8.91. The van der Waals surface area contributed by atoms with Gasteiger partial charge in [-0.05, 0) is 25.0 Å². The van der Waals surface area contributed by atoms with E-state index in [1.165, 1.54) is 23.2 Å². The van der Waals surface area contributed by atoms with Gasteiger partial charge in [-0.15, -0.1) is 0 Å². The third-order valence-corrected chi connectivity index (χ3v) is 3.32. The summed E-state index contributed by atoms with van der Waals surface area (Å²) in [6.45, 7) is -0.405. The van der Waals surface area contributed by atoms with Gasteiger partial charge in [-0.1, -0.05) is 12.8 Å². The van der Waals surface area contributed by atoms with Gasteiger partial charge in [0.25, 0.3) is 5.91 Å². The molecular formula is C13H15FN2O3. The van der Waals surface area contributed by atoms with E-state index in [2.05, 4.69) is 4.98 Å². The maximum Gasteiger partial charge on any atom is 0.323 e. The molecule has 1 fully saturated rings. The number of carboxylic acids is 1. The predicted octanol–water partition coefficient (Wildman–Crippen LogP) is 1.69. The standard InChI is InChI=1S/C13H15FN2O3/c14-12-10(6-3-7-15-12)13(19)16(8-11(17)18)9-4-1-2-5-9/h3,6-7,9H,1-2,4-5,8H2,(H,17,18). The smallest absolute Gasteiger partial charge is 0.323 e. The molecule has 5 nitrogen and oxygen atoms in total. The molecular weight excluding hydrogens is 251 g/mol. The van der Waals surface area contributed by atoms with Crippen LogP contribution in [0.25, 0.3) is 0 Å². The molecule has 0 aromatic carbocycles. The Bertz CT molecular complexity index is 487. The highest BCUT2D eigenvalue weighted by Crippen LogP contribution is 2.25. The summed E-state index contributed by atoms with van der Waals surface area (Å²) < 4.78 is 13.5. The van der Waals surface area contributed by atoms with E-state index >= 15 is 0 Å². The van der Waals surface area contributed by atoms with Crippen molar-refractivity contribution < 1.29 is 19.1 Å². The first-order valence-electron chi connectivity index (χ1n) is 6.23. The Morgan fingerprint density at radius 2 is 2.11 bits per heavy atom. The second-order valence-electron chi connectivity index (χ2n) is 4.61. The maximum absolute atomic E-state index is 13.5. The Morgan fingerprint density at radius 1 is 1.42 bits per heavy atom. The number of amides is 1. The lowest BCUT2D eigenvalue weighted by molar-refractivity contribution is -0.138. The van der Waals surface area contributed by atoms with Crippen LogP contribution in [-0.4, -0.2) is 39.5 Å². The van der Waals surface area contributed by atoms with Crippen molar-refractivity contribution in [3.63, 3.8) is 0 Å². The minimum Gasteiger partial charge on any atom is -0.480 e. The highest BCUT2D eigenvalue weighted by Gasteiger charge is 2.30. The molecule has 1 saturated carbocycles. The number of hydrogen-bond acceptors (Lipinski definition) is 3. The van der Waals surface area contributed by atoms with E-state index in [0.29, 0.717) is 0 Å². The summed E-state index contributed by atoms with van der Waals surface area (Å²) >= 11 is 0. The molecule has 1 aliphatic carbocycles. The van der Waals surface area contributed by atoms with Crippen LogP contribution >= 0.6 is 0 Å². The number of halogens is 1. The van der Waals surface area contributed by atoms with E-state index in [0.717, 1.165) is 25.7 Å². The van der Waals surface area contributed by atoms with Crippen LogP contribution < -0.4 is 0 Å². The van der Waals surface area contributed by atoms with E-state index in [4.69, 9.17) is 5.11 Å². The van der Waals surface area contributed by atoms with Crippen molar-refractivity contribution in [2.24, 2.45) is 0 Å². The number of carbonyl (C=O) groups is 2. The zero-order valence-electron chi connectivity index (χ0n) is 10.4. The average molecular weight is 266 g/mol. The number of rotatable bonds is 4. The Labute approximate surface area is 110 Å². The number of hydrogen-bond donors (Lipinski definition) is 1. The lowest BCUT2D eigenvalue weighted by Gasteiger charge is -2.27. The first kappa shape index (κ1) is 13.5. The van der Waals surface area contributed by atoms with Gasteiger partial charge < -0.3 is 10.0 Å². The molecule has 19 heavy (non-hydrogen) atoms. The Morgan fingerprint density at radius 3 is 2.68 bits per heavy atom. The molecule has 0 unspecified atom stereocenters. The van der Waals surface area contributed by atoms with Crippen molar-refractivity contribution in [2.75, 3.05) is 6.54 Å². The van der Waals surface area contributed by atoms with E-state index < -0.39 is 24.4 Å². The fourth-order valence-corrected chi connectivity index (χ4v) is 2.43. The average Bonchev–Trinajstić information content (AvgIpc) is 2.89. The van der Waals surface area contributed by atoms with E-state index in [-0.39, 0.29) is 11.6 Å². The summed E-state index contributed by atoms with van der Waals surface area (Å²) in [5.41, 5.74) is -0.171. The third-order valence-electron chi connectivity index (χ3n) is 3.32. The molecule has 6 heteroatoms. The first-order chi connectivity index (χ1) is 9.09. The monoisotopic (exact) mass is 266 g/mol. The first-order valence-corrected chi connectivity index (χ1v) is 6.23. The molecule has 1 heterocycles. The number of carboxylic acid groups (broad SMARTS) is 1. The molecule has 0 saturated heterocycles. The fourth-order valence-electron chi connectivity index (χ4n) is 2.43. The Kier molecular flexibility index (Phi) is 4.09. The van der Waals surface area contributed by atoms with Crippen molar-refractivity contribution >= 4 is 11.9 Å². The van der Waals surface area contributed by atoms with Gasteiger partial charge in [0.2, 0.25) is 5.95 Å². The van der Waals surface area contributed by atoms with Gasteiger partial charge >= 0.3 is 5.97 Å². The molecule has 0 aliphatic heterocycles. The summed E-state index contributed by atoms with van der Waals surface area (Å²) in [5.74, 6) is -2.55. The van der Waals surface area contributed by atoms with Gasteiger partial charge in [-0.2, -0.15) is 4.39 Å². The van der Waals surface area contributed by atoms with E-state index in [1.807, 2.05) is 0 Å². The van der Waals surface area contributed by atoms with Gasteiger partial charge in [-0.25, -0.2) is 4.98 Å². The van der Waals surface area contributed by atoms with Crippen molar-refractivity contribution in [1.29, 1.82) is 0 Å². The van der Waals surface area contributed by atoms with Gasteiger partial charge in [0.15, 0.2) is 0 Å². The number of pyridine rings is 1. The van der Waals surface area contributed by atoms with Crippen molar-refractivity contribution in [3.8, 4) is 0 Å². The number of aliphatic carboxylic acids is 1.